The minimum Gasteiger partial charge on any atom is -0.460 e. The molecule has 3 aliphatic carbocycles. The van der Waals surface area contributed by atoms with Crippen molar-refractivity contribution in [2.24, 2.45) is 10.8 Å². The highest BCUT2D eigenvalue weighted by Crippen LogP contribution is 2.82. The molecule has 3 aliphatic rings. The monoisotopic (exact) mass is 280 g/mol. The summed E-state index contributed by atoms with van der Waals surface area (Å²) in [6.45, 7) is 1.14. The van der Waals surface area contributed by atoms with Crippen molar-refractivity contribution in [3.8, 4) is 0 Å². The van der Waals surface area contributed by atoms with Crippen molar-refractivity contribution in [2.75, 3.05) is 0 Å². The molecule has 0 amide bonds. The van der Waals surface area contributed by atoms with Crippen LogP contribution in [0.15, 0.2) is 30.3 Å². The lowest BCUT2D eigenvalue weighted by atomic mass is 9.31. The number of benzene rings is 1. The van der Waals surface area contributed by atoms with E-state index in [4.69, 9.17) is 4.74 Å². The smallest absolute Gasteiger partial charge is 0.318 e. The average Bonchev–Trinajstić information content (AvgIpc) is 2.35. The number of Topliss-reactive ketones (excluding diaryl/α,β-unsaturated/α-hetero) is 1. The van der Waals surface area contributed by atoms with Crippen molar-refractivity contribution in [3.63, 3.8) is 0 Å². The SMILES string of the molecule is CC(=O)C12CC(C(=O)OCc3ccccc3)(C1)C2(F)F. The normalized spacial score (nSPS) is 32.8. The molecule has 3 saturated carbocycles. The van der Waals surface area contributed by atoms with E-state index < -0.39 is 28.5 Å². The molecule has 0 heterocycles. The van der Waals surface area contributed by atoms with Crippen molar-refractivity contribution in [1.29, 1.82) is 0 Å². The zero-order valence-corrected chi connectivity index (χ0v) is 11.0. The van der Waals surface area contributed by atoms with Crippen LogP contribution in [0.2, 0.25) is 0 Å². The summed E-state index contributed by atoms with van der Waals surface area (Å²) in [6.07, 6.45) is -0.175. The van der Waals surface area contributed by atoms with Crippen molar-refractivity contribution in [1.82, 2.24) is 0 Å². The highest BCUT2D eigenvalue weighted by molar-refractivity contribution is 5.96. The quantitative estimate of drug-likeness (QED) is 0.796. The van der Waals surface area contributed by atoms with Gasteiger partial charge in [-0.1, -0.05) is 30.3 Å². The summed E-state index contributed by atoms with van der Waals surface area (Å²) < 4.78 is 33.0. The second-order valence-electron chi connectivity index (χ2n) is 5.71. The zero-order valence-electron chi connectivity index (χ0n) is 11.0. The lowest BCUT2D eigenvalue weighted by Crippen LogP contribution is -2.83. The Hall–Kier alpha value is -1.78. The summed E-state index contributed by atoms with van der Waals surface area (Å²) in [7, 11) is 0. The van der Waals surface area contributed by atoms with Gasteiger partial charge in [0, 0.05) is 0 Å². The Kier molecular flexibility index (Phi) is 2.56. The fourth-order valence-corrected chi connectivity index (χ4v) is 3.27. The molecule has 0 atom stereocenters. The van der Waals surface area contributed by atoms with Gasteiger partial charge in [0.05, 0.1) is 5.41 Å². The number of hydrogen-bond acceptors (Lipinski definition) is 3. The lowest BCUT2D eigenvalue weighted by Gasteiger charge is -2.71. The third-order valence-electron chi connectivity index (χ3n) is 4.69. The minimum absolute atomic E-state index is 0.0232. The van der Waals surface area contributed by atoms with E-state index in [1.807, 2.05) is 6.07 Å². The maximum absolute atomic E-state index is 14.0. The number of hydrogen-bond donors (Lipinski definition) is 0. The van der Waals surface area contributed by atoms with Gasteiger partial charge in [-0.15, -0.1) is 0 Å². The Labute approximate surface area is 114 Å². The summed E-state index contributed by atoms with van der Waals surface area (Å²) in [5.74, 6) is -4.70. The molecule has 0 radical (unpaired) electrons. The largest absolute Gasteiger partial charge is 0.460 e. The van der Waals surface area contributed by atoms with Gasteiger partial charge in [-0.3, -0.25) is 9.59 Å². The molecule has 3 nitrogen and oxygen atoms in total. The summed E-state index contributed by atoms with van der Waals surface area (Å²) >= 11 is 0. The molecular formula is C15H14F2O3. The van der Waals surface area contributed by atoms with Crippen LogP contribution in [0.3, 0.4) is 0 Å². The molecule has 106 valence electrons. The zero-order chi connectivity index (χ0) is 14.6. The number of carbonyl (C=O) groups excluding carboxylic acids is 2. The first-order valence-electron chi connectivity index (χ1n) is 6.46. The fraction of sp³-hybridized carbons (Fsp3) is 0.467. The van der Waals surface area contributed by atoms with Gasteiger partial charge in [0.25, 0.3) is 5.92 Å². The predicted octanol–water partition coefficient (Wildman–Crippen LogP) is 2.73. The van der Waals surface area contributed by atoms with E-state index >= 15 is 0 Å². The molecule has 20 heavy (non-hydrogen) atoms. The van der Waals surface area contributed by atoms with Crippen LogP contribution < -0.4 is 0 Å². The molecule has 1 aromatic rings. The summed E-state index contributed by atoms with van der Waals surface area (Å²) in [6, 6.07) is 8.89. The summed E-state index contributed by atoms with van der Waals surface area (Å²) in [5.41, 5.74) is -2.64. The second kappa shape index (κ2) is 3.87. The van der Waals surface area contributed by atoms with E-state index in [-0.39, 0.29) is 19.4 Å². The second-order valence-corrected chi connectivity index (χ2v) is 5.71. The van der Waals surface area contributed by atoms with Crippen LogP contribution >= 0.6 is 0 Å². The van der Waals surface area contributed by atoms with Crippen LogP contribution in [0.1, 0.15) is 25.3 Å². The van der Waals surface area contributed by atoms with Crippen molar-refractivity contribution in [2.45, 2.75) is 32.3 Å². The van der Waals surface area contributed by atoms with E-state index in [0.717, 1.165) is 12.5 Å². The van der Waals surface area contributed by atoms with Crippen LogP contribution in [0.4, 0.5) is 8.78 Å². The molecule has 0 unspecified atom stereocenters. The number of alkyl halides is 2. The number of ether oxygens (including phenoxy) is 1. The molecule has 0 spiro atoms. The van der Waals surface area contributed by atoms with Gasteiger partial charge in [-0.2, -0.15) is 0 Å². The Balaban J connectivity index is 1.67. The molecular weight excluding hydrogens is 266 g/mol. The maximum Gasteiger partial charge on any atom is 0.318 e. The van der Waals surface area contributed by atoms with E-state index in [9.17, 15) is 18.4 Å². The molecule has 0 N–H and O–H groups in total. The lowest BCUT2D eigenvalue weighted by molar-refractivity contribution is -0.378. The molecule has 0 aromatic heterocycles. The number of esters is 1. The van der Waals surface area contributed by atoms with E-state index in [0.29, 0.717) is 0 Å². The van der Waals surface area contributed by atoms with Gasteiger partial charge in [0.15, 0.2) is 0 Å². The van der Waals surface area contributed by atoms with Gasteiger partial charge in [0.1, 0.15) is 17.8 Å². The number of carbonyl (C=O) groups is 2. The first-order chi connectivity index (χ1) is 9.36. The predicted molar refractivity (Wildman–Crippen MR) is 66.0 cm³/mol. The third kappa shape index (κ3) is 1.33. The van der Waals surface area contributed by atoms with Gasteiger partial charge < -0.3 is 4.74 Å². The van der Waals surface area contributed by atoms with Crippen molar-refractivity contribution >= 4 is 11.8 Å². The Morgan fingerprint density at radius 1 is 1.15 bits per heavy atom. The van der Waals surface area contributed by atoms with E-state index in [2.05, 4.69) is 0 Å². The molecule has 0 aliphatic heterocycles. The topological polar surface area (TPSA) is 43.4 Å². The molecule has 5 heteroatoms. The molecule has 2 bridgehead atoms. The fourth-order valence-electron chi connectivity index (χ4n) is 3.27. The van der Waals surface area contributed by atoms with Gasteiger partial charge in [0.2, 0.25) is 0 Å². The van der Waals surface area contributed by atoms with Crippen molar-refractivity contribution < 1.29 is 23.1 Å². The van der Waals surface area contributed by atoms with Crippen LogP contribution in [-0.4, -0.2) is 17.7 Å². The molecule has 3 fully saturated rings. The van der Waals surface area contributed by atoms with Crippen LogP contribution in [-0.2, 0) is 20.9 Å². The standard InChI is InChI=1S/C15H14F2O3/c1-10(18)13-8-14(9-13,15(13,16)17)12(19)20-7-11-5-3-2-4-6-11/h2-6H,7-9H2,1H3. The average molecular weight is 280 g/mol. The molecule has 4 rings (SSSR count). The summed E-state index contributed by atoms with van der Waals surface area (Å²) in [5, 5.41) is 0. The summed E-state index contributed by atoms with van der Waals surface area (Å²) in [4.78, 5) is 23.2. The Bertz CT molecular complexity index is 574. The maximum atomic E-state index is 14.0. The van der Waals surface area contributed by atoms with E-state index in [1.54, 1.807) is 24.3 Å². The van der Waals surface area contributed by atoms with Gasteiger partial charge in [-0.25, -0.2) is 8.78 Å². The van der Waals surface area contributed by atoms with Crippen LogP contribution in [0.25, 0.3) is 0 Å². The minimum atomic E-state index is -3.26. The van der Waals surface area contributed by atoms with Crippen LogP contribution in [0.5, 0.6) is 0 Å². The Morgan fingerprint density at radius 2 is 1.75 bits per heavy atom. The molecule has 0 saturated heterocycles. The number of halogens is 2. The van der Waals surface area contributed by atoms with E-state index in [1.165, 1.54) is 0 Å². The first kappa shape index (κ1) is 13.2. The van der Waals surface area contributed by atoms with Gasteiger partial charge in [-0.05, 0) is 25.3 Å². The molecule has 1 aromatic carbocycles. The van der Waals surface area contributed by atoms with Crippen LogP contribution in [0, 0.1) is 10.8 Å². The highest BCUT2D eigenvalue weighted by Gasteiger charge is 2.93. The third-order valence-corrected chi connectivity index (χ3v) is 4.69. The Morgan fingerprint density at radius 3 is 2.25 bits per heavy atom. The van der Waals surface area contributed by atoms with Crippen molar-refractivity contribution in [3.05, 3.63) is 35.9 Å². The van der Waals surface area contributed by atoms with Gasteiger partial charge >= 0.3 is 5.97 Å². The highest BCUT2D eigenvalue weighted by atomic mass is 19.3. The number of rotatable bonds is 4. The first-order valence-corrected chi connectivity index (χ1v) is 6.46. The number of ketones is 1.